The molecule has 0 saturated heterocycles. The number of anilines is 11. The molecule has 0 spiro atoms. The molecule has 0 heterocycles. The van der Waals surface area contributed by atoms with Crippen LogP contribution >= 0.6 is 0 Å². The summed E-state index contributed by atoms with van der Waals surface area (Å²) in [6, 6.07) is 86.3. The monoisotopic (exact) mass is 961 g/mol. The number of aryl methyl sites for hydroxylation is 3. The van der Waals surface area contributed by atoms with Crippen LogP contribution in [0.25, 0.3) is 21.9 Å². The fourth-order valence-electron chi connectivity index (χ4n) is 11.8. The lowest BCUT2D eigenvalue weighted by molar-refractivity contribution is 0.436. The zero-order valence-electron chi connectivity index (χ0n) is 43.3. The summed E-state index contributed by atoms with van der Waals surface area (Å²) >= 11 is 0. The van der Waals surface area contributed by atoms with Gasteiger partial charge in [-0.25, -0.2) is 0 Å². The molecule has 0 bridgehead atoms. The molecule has 0 N–H and O–H groups in total. The fourth-order valence-corrected chi connectivity index (χ4v) is 11.8. The van der Waals surface area contributed by atoms with Crippen molar-refractivity contribution in [3.63, 3.8) is 0 Å². The third-order valence-corrected chi connectivity index (χ3v) is 15.7. The van der Waals surface area contributed by atoms with Gasteiger partial charge in [0.05, 0.1) is 17.1 Å². The summed E-state index contributed by atoms with van der Waals surface area (Å²) in [5, 5.41) is 2.42. The molecular weight excluding hydrogens is 897 g/mol. The lowest BCUT2D eigenvalue weighted by Gasteiger charge is -2.39. The number of hydrogen-bond acceptors (Lipinski definition) is 4. The lowest BCUT2D eigenvalue weighted by Crippen LogP contribution is -2.33. The lowest BCUT2D eigenvalue weighted by atomic mass is 9.82. The molecule has 74 heavy (non-hydrogen) atoms. The first-order chi connectivity index (χ1) is 36.2. The van der Waals surface area contributed by atoms with Crippen molar-refractivity contribution in [2.24, 2.45) is 0 Å². The van der Waals surface area contributed by atoms with Gasteiger partial charge >= 0.3 is 0 Å². The summed E-state index contributed by atoms with van der Waals surface area (Å²) in [4.78, 5) is 10.0. The minimum absolute atomic E-state index is 0.262. The van der Waals surface area contributed by atoms with E-state index in [1.165, 1.54) is 80.4 Å². The van der Waals surface area contributed by atoms with E-state index in [1.54, 1.807) is 0 Å². The van der Waals surface area contributed by atoms with Gasteiger partial charge in [0, 0.05) is 62.3 Å². The van der Waals surface area contributed by atoms with Crippen LogP contribution in [0.15, 0.2) is 231 Å². The zero-order chi connectivity index (χ0) is 50.3. The number of para-hydroxylation sites is 2. The van der Waals surface area contributed by atoms with E-state index in [9.17, 15) is 0 Å². The van der Waals surface area contributed by atoms with E-state index in [1.807, 2.05) is 0 Å². The molecule has 4 heteroatoms. The van der Waals surface area contributed by atoms with Gasteiger partial charge in [0.25, 0.3) is 0 Å². The molecule has 0 unspecified atom stereocenters. The summed E-state index contributed by atoms with van der Waals surface area (Å²) < 4.78 is 0. The second-order valence-electron chi connectivity index (χ2n) is 21.1. The topological polar surface area (TPSA) is 13.0 Å². The van der Waals surface area contributed by atoms with E-state index in [2.05, 4.69) is 285 Å². The van der Waals surface area contributed by atoms with Crippen molar-refractivity contribution in [2.45, 2.75) is 78.2 Å². The van der Waals surface area contributed by atoms with E-state index < -0.39 is 0 Å². The van der Waals surface area contributed by atoms with Crippen LogP contribution in [0.3, 0.4) is 0 Å². The molecule has 4 nitrogen and oxygen atoms in total. The van der Waals surface area contributed by atoms with Crippen molar-refractivity contribution in [3.8, 4) is 11.1 Å². The van der Waals surface area contributed by atoms with Gasteiger partial charge in [-0.15, -0.1) is 0 Å². The van der Waals surface area contributed by atoms with E-state index in [0.717, 1.165) is 64.0 Å². The Bertz CT molecular complexity index is 3540. The Morgan fingerprint density at radius 2 is 0.757 bits per heavy atom. The molecule has 2 aliphatic carbocycles. The second kappa shape index (κ2) is 19.6. The minimum atomic E-state index is -0.262. The van der Waals surface area contributed by atoms with Gasteiger partial charge in [0.2, 0.25) is 0 Å². The Kier molecular flexibility index (Phi) is 12.4. The van der Waals surface area contributed by atoms with Crippen LogP contribution in [0.2, 0.25) is 0 Å². The molecule has 0 amide bonds. The van der Waals surface area contributed by atoms with Gasteiger partial charge in [-0.1, -0.05) is 171 Å². The molecule has 364 valence electrons. The average Bonchev–Trinajstić information content (AvgIpc) is 3.66. The third kappa shape index (κ3) is 8.79. The highest BCUT2D eigenvalue weighted by atomic mass is 15.2. The highest BCUT2D eigenvalue weighted by molar-refractivity contribution is 6.00. The molecule has 2 aliphatic rings. The Hall–Kier alpha value is -8.34. The number of nitrogens with zero attached hydrogens (tertiary/aromatic N) is 4. The third-order valence-electron chi connectivity index (χ3n) is 15.7. The molecule has 10 aromatic carbocycles. The van der Waals surface area contributed by atoms with Gasteiger partial charge in [-0.2, -0.15) is 0 Å². The van der Waals surface area contributed by atoms with Crippen LogP contribution in [0.1, 0.15) is 73.8 Å². The van der Waals surface area contributed by atoms with Crippen molar-refractivity contribution in [2.75, 3.05) is 19.6 Å². The summed E-state index contributed by atoms with van der Waals surface area (Å²) in [6.07, 6.45) is 5.95. The second-order valence-corrected chi connectivity index (χ2v) is 21.1. The predicted octanol–water partition coefficient (Wildman–Crippen LogP) is 20.0. The van der Waals surface area contributed by atoms with Crippen molar-refractivity contribution in [3.05, 3.63) is 258 Å². The van der Waals surface area contributed by atoms with Crippen LogP contribution in [0, 0.1) is 20.8 Å². The average molecular weight is 961 g/mol. The van der Waals surface area contributed by atoms with E-state index in [0.29, 0.717) is 6.04 Å². The van der Waals surface area contributed by atoms with Gasteiger partial charge < -0.3 is 19.6 Å². The van der Waals surface area contributed by atoms with Crippen LogP contribution in [-0.4, -0.2) is 6.04 Å². The largest absolute Gasteiger partial charge is 0.338 e. The smallest absolute Gasteiger partial charge is 0.0540 e. The Labute approximate surface area is 438 Å². The highest BCUT2D eigenvalue weighted by Gasteiger charge is 2.38. The molecule has 0 aliphatic heterocycles. The number of rotatable bonds is 12. The number of benzene rings is 10. The molecule has 1 saturated carbocycles. The summed E-state index contributed by atoms with van der Waals surface area (Å²) in [5.74, 6) is 0. The van der Waals surface area contributed by atoms with Gasteiger partial charge in [0.15, 0.2) is 0 Å². The van der Waals surface area contributed by atoms with Crippen molar-refractivity contribution in [1.82, 2.24) is 0 Å². The normalized spacial score (nSPS) is 13.8. The Morgan fingerprint density at radius 1 is 0.338 bits per heavy atom. The quantitative estimate of drug-likeness (QED) is 0.121. The van der Waals surface area contributed by atoms with Gasteiger partial charge in [-0.05, 0) is 170 Å². The first-order valence-corrected chi connectivity index (χ1v) is 26.6. The van der Waals surface area contributed by atoms with Crippen LogP contribution in [0.4, 0.5) is 62.6 Å². The van der Waals surface area contributed by atoms with E-state index >= 15 is 0 Å². The fraction of sp³-hybridized carbons (Fsp3) is 0.171. The van der Waals surface area contributed by atoms with Gasteiger partial charge in [-0.3, -0.25) is 0 Å². The maximum atomic E-state index is 2.72. The maximum absolute atomic E-state index is 2.72. The molecule has 12 rings (SSSR count). The van der Waals surface area contributed by atoms with E-state index in [-0.39, 0.29) is 5.41 Å². The van der Waals surface area contributed by atoms with Crippen LogP contribution in [-0.2, 0) is 5.41 Å². The van der Waals surface area contributed by atoms with Gasteiger partial charge in [0.1, 0.15) is 0 Å². The summed E-state index contributed by atoms with van der Waals surface area (Å²) in [7, 11) is 0. The first-order valence-electron chi connectivity index (χ1n) is 26.6. The Morgan fingerprint density at radius 3 is 1.32 bits per heavy atom. The summed E-state index contributed by atoms with van der Waals surface area (Å²) in [5.41, 5.74) is 21.4. The number of fused-ring (bicyclic) bond motifs is 4. The SMILES string of the molecule is Cc1ccc(N(c2ccccc2)c2cc(N(c3ccccc3)c3cccc4ccccc34)cc(N(c3ccc4c(c3)C(C)(C)c3cc(N(c5ccc(C)cc5)c5ccc(C)cc5)ccc3-4)C3CCCCC3)c2)cc1. The maximum Gasteiger partial charge on any atom is 0.0540 e. The molecule has 0 aromatic heterocycles. The van der Waals surface area contributed by atoms with Crippen molar-refractivity contribution < 1.29 is 0 Å². The molecule has 0 atom stereocenters. The van der Waals surface area contributed by atoms with Crippen LogP contribution in [0.5, 0.6) is 0 Å². The Balaban J connectivity index is 1.05. The minimum Gasteiger partial charge on any atom is -0.338 e. The standard InChI is InChI=1S/C70H64N4/c1-49-28-34-56(35-29-49)71(57-36-30-50(2)31-37-57)59-40-42-65-66-43-41-60(48-68(66)70(4,5)67(65)47-59)73(54-22-11-7-12-23-54)62-44-61(72(53-20-9-6-10-21-53)58-38-32-51(3)33-39-58)45-63(46-62)74(55-24-13-8-14-25-55)69-27-17-19-52-18-15-16-26-64(52)69/h6,8-10,13-21,24-48,54H,7,11-12,22-23H2,1-5H3. The number of hydrogen-bond donors (Lipinski definition) is 0. The van der Waals surface area contributed by atoms with E-state index in [4.69, 9.17) is 0 Å². The highest BCUT2D eigenvalue weighted by Crippen LogP contribution is 2.53. The molecule has 10 aromatic rings. The molecule has 1 fully saturated rings. The first kappa shape index (κ1) is 46.7. The zero-order valence-corrected chi connectivity index (χ0v) is 43.3. The van der Waals surface area contributed by atoms with Crippen LogP contribution < -0.4 is 19.6 Å². The molecular formula is C70H64N4. The summed E-state index contributed by atoms with van der Waals surface area (Å²) in [6.45, 7) is 11.3. The predicted molar refractivity (Wildman–Crippen MR) is 315 cm³/mol. The van der Waals surface area contributed by atoms with Crippen molar-refractivity contribution >= 4 is 73.3 Å². The van der Waals surface area contributed by atoms with Crippen molar-refractivity contribution in [1.29, 1.82) is 0 Å². The molecule has 0 radical (unpaired) electrons.